The maximum atomic E-state index is 15.3. The molecule has 3 aromatic carbocycles. The second kappa shape index (κ2) is 13.1. The SMILES string of the molecule is COc1cc(F)c2[nH]c(-c3c(C)nn(C)c3C)c(/C=C3\Oc4ccc(NC(=O)Nc5ccc(C(=O)N6CCC(N(C)C)C6)cc5)cc4C3=O)c2c1. The average molecular weight is 692 g/mol. The lowest BCUT2D eigenvalue weighted by Gasteiger charge is -2.20. The molecule has 51 heavy (non-hydrogen) atoms. The molecule has 0 aliphatic carbocycles. The summed E-state index contributed by atoms with van der Waals surface area (Å²) in [6.07, 6.45) is 2.53. The first kappa shape index (κ1) is 33.5. The lowest BCUT2D eigenvalue weighted by molar-refractivity contribution is 0.0783. The van der Waals surface area contributed by atoms with Crippen molar-refractivity contribution in [3.05, 3.63) is 94.3 Å². The summed E-state index contributed by atoms with van der Waals surface area (Å²) in [6.45, 7) is 5.17. The number of ether oxygens (including phenoxy) is 2. The number of anilines is 2. The quantitative estimate of drug-likeness (QED) is 0.169. The standard InChI is InChI=1S/C38H38FN7O5/c1-20-33(21(2)45(5)43-20)35-28(27-16-26(50-6)17-30(39)34(27)42-35)18-32-36(47)29-15-24(11-12-31(29)51-32)41-38(49)40-23-9-7-22(8-10-23)37(48)46-14-13-25(19-46)44(3)4/h7-12,15-18,25,42H,13-14,19H2,1-6H3,(H2,40,41,49)/b32-18-. The van der Waals surface area contributed by atoms with Gasteiger partial charge in [0.25, 0.3) is 5.91 Å². The number of hydrogen-bond donors (Lipinski definition) is 3. The van der Waals surface area contributed by atoms with Crippen molar-refractivity contribution in [2.24, 2.45) is 7.05 Å². The number of aromatic nitrogens is 3. The minimum Gasteiger partial charge on any atom is -0.497 e. The van der Waals surface area contributed by atoms with Crippen LogP contribution in [0.15, 0.2) is 60.4 Å². The van der Waals surface area contributed by atoms with Crippen LogP contribution >= 0.6 is 0 Å². The molecule has 3 amide bonds. The average Bonchev–Trinajstić information content (AvgIpc) is 3.86. The molecule has 262 valence electrons. The summed E-state index contributed by atoms with van der Waals surface area (Å²) in [4.78, 5) is 46.8. The highest BCUT2D eigenvalue weighted by Gasteiger charge is 2.31. The summed E-state index contributed by atoms with van der Waals surface area (Å²) in [7, 11) is 7.32. The fourth-order valence-corrected chi connectivity index (χ4v) is 6.77. The van der Waals surface area contributed by atoms with E-state index in [4.69, 9.17) is 9.47 Å². The van der Waals surface area contributed by atoms with Crippen molar-refractivity contribution in [2.75, 3.05) is 44.9 Å². The summed E-state index contributed by atoms with van der Waals surface area (Å²) in [5, 5.41) is 10.6. The number of ketones is 1. The zero-order valence-electron chi connectivity index (χ0n) is 29.2. The van der Waals surface area contributed by atoms with Gasteiger partial charge in [0.05, 0.1) is 29.6 Å². The minimum atomic E-state index is -0.522. The monoisotopic (exact) mass is 691 g/mol. The van der Waals surface area contributed by atoms with E-state index in [0.29, 0.717) is 64.2 Å². The number of methoxy groups -OCH3 is 1. The highest BCUT2D eigenvalue weighted by Crippen LogP contribution is 2.40. The molecule has 2 aliphatic rings. The number of aryl methyl sites for hydroxylation is 2. The molecule has 7 rings (SSSR count). The summed E-state index contributed by atoms with van der Waals surface area (Å²) in [5.74, 6) is -0.250. The van der Waals surface area contributed by atoms with Crippen LogP contribution in [0.1, 0.15) is 44.1 Å². The van der Waals surface area contributed by atoms with Gasteiger partial charge in [-0.05, 0) is 89.0 Å². The Kier molecular flexibility index (Phi) is 8.59. The summed E-state index contributed by atoms with van der Waals surface area (Å²) in [5.41, 5.74) is 5.45. The minimum absolute atomic E-state index is 0.0380. The fourth-order valence-electron chi connectivity index (χ4n) is 6.77. The molecule has 4 heterocycles. The first-order valence-corrected chi connectivity index (χ1v) is 16.5. The Morgan fingerprint density at radius 2 is 1.80 bits per heavy atom. The molecule has 12 nitrogen and oxygen atoms in total. The summed E-state index contributed by atoms with van der Waals surface area (Å²) in [6, 6.07) is 14.4. The van der Waals surface area contributed by atoms with E-state index in [1.54, 1.807) is 59.3 Å². The predicted octanol–water partition coefficient (Wildman–Crippen LogP) is 6.37. The Hall–Kier alpha value is -5.95. The number of likely N-dealkylation sites (tertiary alicyclic amines) is 1. The fraction of sp³-hybridized carbons (Fsp3) is 0.263. The van der Waals surface area contributed by atoms with E-state index in [1.807, 2.05) is 39.9 Å². The number of hydrogen-bond acceptors (Lipinski definition) is 7. The van der Waals surface area contributed by atoms with E-state index >= 15 is 4.39 Å². The van der Waals surface area contributed by atoms with Gasteiger partial charge in [-0.1, -0.05) is 0 Å². The third-order valence-electron chi connectivity index (χ3n) is 9.64. The van der Waals surface area contributed by atoms with Crippen molar-refractivity contribution in [1.82, 2.24) is 24.6 Å². The summed E-state index contributed by atoms with van der Waals surface area (Å²) >= 11 is 0. The normalized spacial score (nSPS) is 16.2. The van der Waals surface area contributed by atoms with Gasteiger partial charge < -0.3 is 34.9 Å². The Morgan fingerprint density at radius 1 is 1.08 bits per heavy atom. The van der Waals surface area contributed by atoms with Crippen molar-refractivity contribution >= 4 is 46.1 Å². The van der Waals surface area contributed by atoms with Crippen molar-refractivity contribution in [3.8, 4) is 22.8 Å². The van der Waals surface area contributed by atoms with Gasteiger partial charge >= 0.3 is 6.03 Å². The van der Waals surface area contributed by atoms with Gasteiger partial charge in [0, 0.05) is 71.4 Å². The number of carbonyl (C=O) groups is 3. The van der Waals surface area contributed by atoms with Crippen LogP contribution in [0.4, 0.5) is 20.6 Å². The number of fused-ring (bicyclic) bond motifs is 2. The molecule has 2 aliphatic heterocycles. The Balaban J connectivity index is 1.10. The lowest BCUT2D eigenvalue weighted by Crippen LogP contribution is -2.34. The molecule has 0 spiro atoms. The lowest BCUT2D eigenvalue weighted by atomic mass is 10.0. The molecular formula is C38H38FN7O5. The smallest absolute Gasteiger partial charge is 0.323 e. The van der Waals surface area contributed by atoms with E-state index < -0.39 is 17.6 Å². The molecule has 13 heteroatoms. The van der Waals surface area contributed by atoms with Crippen LogP contribution in [0.3, 0.4) is 0 Å². The number of aromatic amines is 1. The van der Waals surface area contributed by atoms with Crippen molar-refractivity contribution in [3.63, 3.8) is 0 Å². The molecule has 0 saturated carbocycles. The maximum Gasteiger partial charge on any atom is 0.323 e. The van der Waals surface area contributed by atoms with E-state index in [0.717, 1.165) is 23.4 Å². The van der Waals surface area contributed by atoms with Crippen LogP contribution in [0.2, 0.25) is 0 Å². The number of benzene rings is 3. The van der Waals surface area contributed by atoms with Gasteiger partial charge in [-0.2, -0.15) is 5.10 Å². The number of nitrogens with one attached hydrogen (secondary N) is 3. The van der Waals surface area contributed by atoms with E-state index in [-0.39, 0.29) is 22.7 Å². The summed E-state index contributed by atoms with van der Waals surface area (Å²) < 4.78 is 28.4. The number of carbonyl (C=O) groups excluding carboxylic acids is 3. The third kappa shape index (κ3) is 6.20. The molecule has 1 saturated heterocycles. The number of likely N-dealkylation sites (N-methyl/N-ethyl adjacent to an activating group) is 1. The number of rotatable bonds is 7. The molecule has 2 aromatic heterocycles. The van der Waals surface area contributed by atoms with Gasteiger partial charge in [0.1, 0.15) is 11.5 Å². The molecule has 0 bridgehead atoms. The second-order valence-corrected chi connectivity index (χ2v) is 13.1. The largest absolute Gasteiger partial charge is 0.497 e. The maximum absolute atomic E-state index is 15.3. The van der Waals surface area contributed by atoms with E-state index in [2.05, 4.69) is 25.6 Å². The molecule has 1 atom stereocenters. The van der Waals surface area contributed by atoms with Crippen LogP contribution in [0.25, 0.3) is 28.2 Å². The van der Waals surface area contributed by atoms with Crippen molar-refractivity contribution in [1.29, 1.82) is 0 Å². The molecule has 1 fully saturated rings. The topological polar surface area (TPSA) is 134 Å². The number of amides is 3. The first-order chi connectivity index (χ1) is 24.4. The van der Waals surface area contributed by atoms with Gasteiger partial charge in [-0.3, -0.25) is 14.3 Å². The Morgan fingerprint density at radius 3 is 2.47 bits per heavy atom. The van der Waals surface area contributed by atoms with Crippen LogP contribution in [0, 0.1) is 19.7 Å². The zero-order valence-corrected chi connectivity index (χ0v) is 29.2. The van der Waals surface area contributed by atoms with Crippen molar-refractivity contribution < 1.29 is 28.2 Å². The van der Waals surface area contributed by atoms with E-state index in [9.17, 15) is 14.4 Å². The molecule has 1 unspecified atom stereocenters. The molecular weight excluding hydrogens is 653 g/mol. The highest BCUT2D eigenvalue weighted by molar-refractivity contribution is 6.16. The second-order valence-electron chi connectivity index (χ2n) is 13.1. The predicted molar refractivity (Wildman–Crippen MR) is 193 cm³/mol. The zero-order chi connectivity index (χ0) is 36.1. The Labute approximate surface area is 293 Å². The van der Waals surface area contributed by atoms with Crippen LogP contribution in [0.5, 0.6) is 11.5 Å². The van der Waals surface area contributed by atoms with Crippen molar-refractivity contribution in [2.45, 2.75) is 26.3 Å². The molecule has 0 radical (unpaired) electrons. The van der Waals surface area contributed by atoms with Gasteiger partial charge in [-0.15, -0.1) is 0 Å². The highest BCUT2D eigenvalue weighted by atomic mass is 19.1. The molecule has 3 N–H and O–H groups in total. The van der Waals surface area contributed by atoms with E-state index in [1.165, 1.54) is 13.2 Å². The third-order valence-corrected chi connectivity index (χ3v) is 9.64. The van der Waals surface area contributed by atoms with Gasteiger partial charge in [0.15, 0.2) is 11.6 Å². The first-order valence-electron chi connectivity index (χ1n) is 16.5. The Bertz CT molecular complexity index is 2250. The molecule has 5 aromatic rings. The number of nitrogens with zero attached hydrogens (tertiary/aromatic N) is 4. The number of Topliss-reactive ketones (excluding diaryl/α,β-unsaturated/α-hetero) is 1. The van der Waals surface area contributed by atoms with Gasteiger partial charge in [-0.25, -0.2) is 9.18 Å². The van der Waals surface area contributed by atoms with Crippen LogP contribution < -0.4 is 20.1 Å². The van der Waals surface area contributed by atoms with Crippen LogP contribution in [-0.2, 0) is 7.05 Å². The number of H-pyrrole nitrogens is 1. The van der Waals surface area contributed by atoms with Gasteiger partial charge in [0.2, 0.25) is 5.78 Å². The number of urea groups is 1. The number of halogens is 1. The number of allylic oxidation sites excluding steroid dienone is 1. The van der Waals surface area contributed by atoms with Crippen LogP contribution in [-0.4, -0.2) is 82.6 Å².